The Balaban J connectivity index is 1.54. The second kappa shape index (κ2) is 9.09. The molecule has 2 aliphatic heterocycles. The predicted octanol–water partition coefficient (Wildman–Crippen LogP) is 1.22. The number of methoxy groups -OCH3 is 1. The summed E-state index contributed by atoms with van der Waals surface area (Å²) in [5.41, 5.74) is 1.39. The van der Waals surface area contributed by atoms with Crippen molar-refractivity contribution >= 4 is 17.9 Å². The van der Waals surface area contributed by atoms with Gasteiger partial charge in [-0.25, -0.2) is 23.9 Å². The van der Waals surface area contributed by atoms with Gasteiger partial charge < -0.3 is 20.3 Å². The molecule has 0 spiro atoms. The van der Waals surface area contributed by atoms with E-state index in [9.17, 15) is 14.0 Å². The van der Waals surface area contributed by atoms with Crippen LogP contribution in [0.5, 0.6) is 0 Å². The monoisotopic (exact) mass is 426 g/mol. The summed E-state index contributed by atoms with van der Waals surface area (Å²) in [6.45, 7) is 3.23. The molecule has 2 aliphatic rings. The summed E-state index contributed by atoms with van der Waals surface area (Å²) < 4.78 is 18.4. The minimum atomic E-state index is -0.726. The van der Waals surface area contributed by atoms with Crippen molar-refractivity contribution in [1.29, 1.82) is 0 Å². The Labute approximate surface area is 178 Å². The van der Waals surface area contributed by atoms with Crippen molar-refractivity contribution in [2.24, 2.45) is 0 Å². The Bertz CT molecular complexity index is 974. The topological polar surface area (TPSA) is 99.7 Å². The molecule has 2 aromatic rings. The van der Waals surface area contributed by atoms with E-state index in [0.29, 0.717) is 42.4 Å². The lowest BCUT2D eigenvalue weighted by Gasteiger charge is -2.37. The summed E-state index contributed by atoms with van der Waals surface area (Å²) in [4.78, 5) is 37.8. The molecule has 2 amide bonds. The van der Waals surface area contributed by atoms with Crippen molar-refractivity contribution in [1.82, 2.24) is 25.5 Å². The number of aromatic nitrogens is 2. The fourth-order valence-electron chi connectivity index (χ4n) is 3.78. The number of nitrogens with zero attached hydrogens (tertiary/aromatic N) is 4. The average Bonchev–Trinajstić information content (AvgIpc) is 2.80. The molecule has 31 heavy (non-hydrogen) atoms. The lowest BCUT2D eigenvalue weighted by Crippen LogP contribution is -2.52. The molecule has 10 heteroatoms. The number of amides is 2. The van der Waals surface area contributed by atoms with Crippen molar-refractivity contribution in [3.8, 4) is 0 Å². The Morgan fingerprint density at radius 3 is 2.48 bits per heavy atom. The number of carbonyl (C=O) groups is 2. The third-order valence-corrected chi connectivity index (χ3v) is 5.35. The van der Waals surface area contributed by atoms with E-state index in [1.807, 2.05) is 0 Å². The van der Waals surface area contributed by atoms with Gasteiger partial charge in [-0.15, -0.1) is 0 Å². The molecule has 1 aromatic carbocycles. The van der Waals surface area contributed by atoms with Crippen molar-refractivity contribution in [2.75, 3.05) is 44.7 Å². The molecule has 0 radical (unpaired) electrons. The van der Waals surface area contributed by atoms with Crippen LogP contribution in [-0.4, -0.2) is 66.7 Å². The van der Waals surface area contributed by atoms with Crippen LogP contribution in [-0.2, 0) is 9.53 Å². The van der Waals surface area contributed by atoms with Crippen molar-refractivity contribution in [3.05, 3.63) is 65.4 Å². The molecule has 4 rings (SSSR count). The summed E-state index contributed by atoms with van der Waals surface area (Å²) in [6.07, 6.45) is 3.42. The van der Waals surface area contributed by atoms with E-state index < -0.39 is 23.9 Å². The highest BCUT2D eigenvalue weighted by molar-refractivity contribution is 5.95. The molecule has 3 heterocycles. The van der Waals surface area contributed by atoms with Crippen LogP contribution in [0.15, 0.2) is 54.0 Å². The molecule has 1 aromatic heterocycles. The van der Waals surface area contributed by atoms with E-state index in [-0.39, 0.29) is 0 Å². The number of nitrogens with one attached hydrogen (secondary N) is 2. The molecule has 1 saturated heterocycles. The third-order valence-electron chi connectivity index (χ3n) is 5.35. The fourth-order valence-corrected chi connectivity index (χ4v) is 3.78. The van der Waals surface area contributed by atoms with Crippen LogP contribution < -0.4 is 15.5 Å². The minimum Gasteiger partial charge on any atom is -0.466 e. The van der Waals surface area contributed by atoms with Gasteiger partial charge in [0.05, 0.1) is 18.7 Å². The van der Waals surface area contributed by atoms with Gasteiger partial charge in [0.25, 0.3) is 0 Å². The fraction of sp³-hybridized carbons (Fsp3) is 0.333. The lowest BCUT2D eigenvalue weighted by molar-refractivity contribution is -0.136. The van der Waals surface area contributed by atoms with Gasteiger partial charge in [0, 0.05) is 50.8 Å². The van der Waals surface area contributed by atoms with Gasteiger partial charge in [0.2, 0.25) is 5.95 Å². The number of hydrogen-bond acceptors (Lipinski definition) is 7. The Morgan fingerprint density at radius 2 is 1.84 bits per heavy atom. The summed E-state index contributed by atoms with van der Waals surface area (Å²) in [6, 6.07) is 6.31. The maximum atomic E-state index is 13.4. The Morgan fingerprint density at radius 1 is 1.16 bits per heavy atom. The van der Waals surface area contributed by atoms with Gasteiger partial charge >= 0.3 is 12.0 Å². The number of ether oxygens (including phenoxy) is 1. The van der Waals surface area contributed by atoms with Crippen LogP contribution in [0.4, 0.5) is 15.1 Å². The number of rotatable bonds is 5. The maximum absolute atomic E-state index is 13.4. The third kappa shape index (κ3) is 4.64. The van der Waals surface area contributed by atoms with Gasteiger partial charge in [0.1, 0.15) is 5.82 Å². The van der Waals surface area contributed by atoms with Crippen LogP contribution in [0.3, 0.4) is 0 Å². The van der Waals surface area contributed by atoms with Crippen molar-refractivity contribution in [2.45, 2.75) is 6.04 Å². The molecule has 0 bridgehead atoms. The molecule has 1 atom stereocenters. The van der Waals surface area contributed by atoms with Gasteiger partial charge in [-0.2, -0.15) is 0 Å². The SMILES string of the molecule is COC(=O)C1=C(CN2CCN(c3ncccn3)CC2)NC(=O)NC1c1ccc(F)cc1. The molecule has 1 unspecified atom stereocenters. The molecular weight excluding hydrogens is 403 g/mol. The number of hydrogen-bond donors (Lipinski definition) is 2. The van der Waals surface area contributed by atoms with Gasteiger partial charge in [-0.1, -0.05) is 12.1 Å². The van der Waals surface area contributed by atoms with Crippen LogP contribution in [0.2, 0.25) is 0 Å². The van der Waals surface area contributed by atoms with Gasteiger partial charge in [-0.3, -0.25) is 4.90 Å². The quantitative estimate of drug-likeness (QED) is 0.694. The number of piperazine rings is 1. The van der Waals surface area contributed by atoms with Crippen molar-refractivity contribution < 1.29 is 18.7 Å². The Kier molecular flexibility index (Phi) is 6.08. The van der Waals surface area contributed by atoms with Crippen LogP contribution in [0.25, 0.3) is 0 Å². The normalized spacial score (nSPS) is 19.6. The second-order valence-electron chi connectivity index (χ2n) is 7.28. The van der Waals surface area contributed by atoms with Crippen LogP contribution in [0, 0.1) is 5.82 Å². The smallest absolute Gasteiger partial charge is 0.338 e. The number of anilines is 1. The first kappa shape index (κ1) is 20.7. The Hall–Kier alpha value is -3.53. The first-order valence-electron chi connectivity index (χ1n) is 9.94. The summed E-state index contributed by atoms with van der Waals surface area (Å²) in [5.74, 6) is -0.260. The molecular formula is C21H23FN6O3. The lowest BCUT2D eigenvalue weighted by atomic mass is 9.95. The predicted molar refractivity (Wildman–Crippen MR) is 111 cm³/mol. The average molecular weight is 426 g/mol. The zero-order valence-electron chi connectivity index (χ0n) is 17.0. The number of urea groups is 1. The van der Waals surface area contributed by atoms with E-state index in [0.717, 1.165) is 13.1 Å². The molecule has 9 nitrogen and oxygen atoms in total. The highest BCUT2D eigenvalue weighted by Gasteiger charge is 2.34. The summed E-state index contributed by atoms with van der Waals surface area (Å²) >= 11 is 0. The number of halogens is 1. The summed E-state index contributed by atoms with van der Waals surface area (Å²) in [7, 11) is 1.30. The number of esters is 1. The van der Waals surface area contributed by atoms with Gasteiger partial charge in [0.15, 0.2) is 0 Å². The standard InChI is InChI=1S/C21H23FN6O3/c1-31-19(29)17-16(25-21(30)26-18(17)14-3-5-15(22)6-4-14)13-27-9-11-28(12-10-27)20-23-7-2-8-24-20/h2-8,18H,9-13H2,1H3,(H2,25,26,30). The van der Waals surface area contributed by atoms with Crippen molar-refractivity contribution in [3.63, 3.8) is 0 Å². The largest absolute Gasteiger partial charge is 0.466 e. The maximum Gasteiger partial charge on any atom is 0.338 e. The number of benzene rings is 1. The zero-order chi connectivity index (χ0) is 21.8. The van der Waals surface area contributed by atoms with E-state index in [2.05, 4.69) is 30.4 Å². The van der Waals surface area contributed by atoms with Gasteiger partial charge in [-0.05, 0) is 23.8 Å². The summed E-state index contributed by atoms with van der Waals surface area (Å²) in [5, 5.41) is 5.50. The first-order valence-corrected chi connectivity index (χ1v) is 9.94. The van der Waals surface area contributed by atoms with Crippen LogP contribution >= 0.6 is 0 Å². The van der Waals surface area contributed by atoms with Crippen LogP contribution in [0.1, 0.15) is 11.6 Å². The highest BCUT2D eigenvalue weighted by atomic mass is 19.1. The van der Waals surface area contributed by atoms with E-state index in [1.165, 1.54) is 19.2 Å². The molecule has 162 valence electrons. The minimum absolute atomic E-state index is 0.308. The van der Waals surface area contributed by atoms with E-state index >= 15 is 0 Å². The molecule has 0 aliphatic carbocycles. The first-order chi connectivity index (χ1) is 15.0. The second-order valence-corrected chi connectivity index (χ2v) is 7.28. The molecule has 2 N–H and O–H groups in total. The number of carbonyl (C=O) groups excluding carboxylic acids is 2. The highest BCUT2D eigenvalue weighted by Crippen LogP contribution is 2.28. The molecule has 0 saturated carbocycles. The van der Waals surface area contributed by atoms with E-state index in [4.69, 9.17) is 4.74 Å². The zero-order valence-corrected chi connectivity index (χ0v) is 17.0. The van der Waals surface area contributed by atoms with E-state index in [1.54, 1.807) is 30.6 Å². The molecule has 1 fully saturated rings.